The zero-order valence-corrected chi connectivity index (χ0v) is 12.8. The van der Waals surface area contributed by atoms with Gasteiger partial charge in [0.15, 0.2) is 0 Å². The van der Waals surface area contributed by atoms with Crippen molar-refractivity contribution in [3.63, 3.8) is 0 Å². The number of nitriles is 1. The highest BCUT2D eigenvalue weighted by molar-refractivity contribution is 7.89. The van der Waals surface area contributed by atoms with Crippen LogP contribution >= 0.6 is 11.6 Å². The van der Waals surface area contributed by atoms with Crippen molar-refractivity contribution in [2.45, 2.75) is 24.7 Å². The van der Waals surface area contributed by atoms with Gasteiger partial charge in [-0.2, -0.15) is 9.57 Å². The molecule has 0 aliphatic rings. The molecule has 1 aromatic rings. The Labute approximate surface area is 124 Å². The van der Waals surface area contributed by atoms with Crippen molar-refractivity contribution in [2.24, 2.45) is 0 Å². The summed E-state index contributed by atoms with van der Waals surface area (Å²) in [6.07, 6.45) is 1.56. The van der Waals surface area contributed by atoms with Crippen LogP contribution < -0.4 is 0 Å². The molecule has 110 valence electrons. The topological polar surface area (TPSA) is 81.4 Å². The fourth-order valence-electron chi connectivity index (χ4n) is 1.69. The van der Waals surface area contributed by atoms with Crippen LogP contribution in [0.1, 0.15) is 25.3 Å². The molecule has 0 radical (unpaired) electrons. The van der Waals surface area contributed by atoms with Crippen molar-refractivity contribution >= 4 is 21.6 Å². The molecule has 0 bridgehead atoms. The Balaban J connectivity index is 3.12. The molecule has 20 heavy (non-hydrogen) atoms. The van der Waals surface area contributed by atoms with E-state index in [1.165, 1.54) is 22.5 Å². The van der Waals surface area contributed by atoms with E-state index in [4.69, 9.17) is 22.0 Å². The SMILES string of the molecule is CCCCN(CCO)S(=O)(=O)c1ccc(C#N)c(Cl)c1. The summed E-state index contributed by atoms with van der Waals surface area (Å²) < 4.78 is 26.1. The second kappa shape index (κ2) is 7.60. The Hall–Kier alpha value is -1.13. The molecule has 0 saturated carbocycles. The van der Waals surface area contributed by atoms with E-state index in [-0.39, 0.29) is 28.6 Å². The maximum Gasteiger partial charge on any atom is 0.243 e. The fourth-order valence-corrected chi connectivity index (χ4v) is 3.48. The third-order valence-electron chi connectivity index (χ3n) is 2.81. The predicted molar refractivity (Wildman–Crippen MR) is 76.9 cm³/mol. The maximum absolute atomic E-state index is 12.5. The van der Waals surface area contributed by atoms with Crippen LogP contribution in [0.15, 0.2) is 23.1 Å². The molecule has 0 unspecified atom stereocenters. The van der Waals surface area contributed by atoms with Crippen LogP contribution in [-0.2, 0) is 10.0 Å². The lowest BCUT2D eigenvalue weighted by molar-refractivity contribution is 0.252. The molecule has 1 aromatic carbocycles. The van der Waals surface area contributed by atoms with Crippen LogP contribution in [0.4, 0.5) is 0 Å². The van der Waals surface area contributed by atoms with Gasteiger partial charge in [-0.25, -0.2) is 8.42 Å². The normalized spacial score (nSPS) is 11.6. The first-order valence-corrected chi connectivity index (χ1v) is 8.09. The van der Waals surface area contributed by atoms with E-state index < -0.39 is 10.0 Å². The third kappa shape index (κ3) is 3.93. The molecular weight excluding hydrogens is 300 g/mol. The van der Waals surface area contributed by atoms with Gasteiger partial charge in [0, 0.05) is 13.1 Å². The summed E-state index contributed by atoms with van der Waals surface area (Å²) in [5, 5.41) is 17.9. The number of aliphatic hydroxyl groups excluding tert-OH is 1. The lowest BCUT2D eigenvalue weighted by atomic mass is 10.2. The van der Waals surface area contributed by atoms with E-state index in [1.807, 2.05) is 13.0 Å². The summed E-state index contributed by atoms with van der Waals surface area (Å²) in [4.78, 5) is 0.0334. The van der Waals surface area contributed by atoms with E-state index in [9.17, 15) is 8.42 Å². The van der Waals surface area contributed by atoms with Gasteiger partial charge in [-0.05, 0) is 24.6 Å². The number of unbranched alkanes of at least 4 members (excludes halogenated alkanes) is 1. The number of halogens is 1. The zero-order chi connectivity index (χ0) is 15.2. The van der Waals surface area contributed by atoms with Gasteiger partial charge in [-0.3, -0.25) is 0 Å². The number of sulfonamides is 1. The summed E-state index contributed by atoms with van der Waals surface area (Å²) in [5.74, 6) is 0. The minimum absolute atomic E-state index is 0.0334. The van der Waals surface area contributed by atoms with Crippen LogP contribution in [0.5, 0.6) is 0 Å². The van der Waals surface area contributed by atoms with Gasteiger partial charge < -0.3 is 5.11 Å². The van der Waals surface area contributed by atoms with Crippen LogP contribution in [0.25, 0.3) is 0 Å². The van der Waals surface area contributed by atoms with Gasteiger partial charge in [-0.1, -0.05) is 24.9 Å². The molecular formula is C13H17ClN2O3S. The monoisotopic (exact) mass is 316 g/mol. The lowest BCUT2D eigenvalue weighted by Gasteiger charge is -2.21. The van der Waals surface area contributed by atoms with Crippen molar-refractivity contribution in [2.75, 3.05) is 19.7 Å². The van der Waals surface area contributed by atoms with Gasteiger partial charge in [0.2, 0.25) is 10.0 Å². The Morgan fingerprint density at radius 3 is 2.60 bits per heavy atom. The standard InChI is InChI=1S/C13H17ClN2O3S/c1-2-3-6-16(7-8-17)20(18,19)12-5-4-11(10-15)13(14)9-12/h4-5,9,17H,2-3,6-8H2,1H3. The van der Waals surface area contributed by atoms with Crippen molar-refractivity contribution in [1.29, 1.82) is 5.26 Å². The molecule has 0 amide bonds. The van der Waals surface area contributed by atoms with E-state index in [0.29, 0.717) is 13.0 Å². The third-order valence-corrected chi connectivity index (χ3v) is 5.02. The quantitative estimate of drug-likeness (QED) is 0.834. The number of rotatable bonds is 7. The molecule has 0 fully saturated rings. The summed E-state index contributed by atoms with van der Waals surface area (Å²) in [7, 11) is -3.70. The average Bonchev–Trinajstić information content (AvgIpc) is 2.43. The summed E-state index contributed by atoms with van der Waals surface area (Å²) >= 11 is 5.87. The number of hydrogen-bond acceptors (Lipinski definition) is 4. The van der Waals surface area contributed by atoms with E-state index in [2.05, 4.69) is 0 Å². The smallest absolute Gasteiger partial charge is 0.243 e. The minimum atomic E-state index is -3.70. The number of benzene rings is 1. The highest BCUT2D eigenvalue weighted by Gasteiger charge is 2.24. The van der Waals surface area contributed by atoms with Crippen molar-refractivity contribution in [1.82, 2.24) is 4.31 Å². The summed E-state index contributed by atoms with van der Waals surface area (Å²) in [6, 6.07) is 5.89. The second-order valence-electron chi connectivity index (χ2n) is 4.23. The number of hydrogen-bond donors (Lipinski definition) is 1. The van der Waals surface area contributed by atoms with Gasteiger partial charge >= 0.3 is 0 Å². The zero-order valence-electron chi connectivity index (χ0n) is 11.2. The predicted octanol–water partition coefficient (Wildman–Crippen LogP) is 1.99. The first-order chi connectivity index (χ1) is 9.47. The van der Waals surface area contributed by atoms with Crippen LogP contribution in [-0.4, -0.2) is 37.5 Å². The highest BCUT2D eigenvalue weighted by Crippen LogP contribution is 2.23. The fraction of sp³-hybridized carbons (Fsp3) is 0.462. The van der Waals surface area contributed by atoms with E-state index in [1.54, 1.807) is 0 Å². The number of aliphatic hydroxyl groups is 1. The second-order valence-corrected chi connectivity index (χ2v) is 6.58. The van der Waals surface area contributed by atoms with E-state index >= 15 is 0 Å². The lowest BCUT2D eigenvalue weighted by Crippen LogP contribution is -2.34. The molecule has 0 heterocycles. The first kappa shape index (κ1) is 16.9. The van der Waals surface area contributed by atoms with Crippen molar-refractivity contribution < 1.29 is 13.5 Å². The molecule has 0 spiro atoms. The molecule has 0 atom stereocenters. The molecule has 5 nitrogen and oxygen atoms in total. The molecule has 0 aromatic heterocycles. The average molecular weight is 317 g/mol. The van der Waals surface area contributed by atoms with Gasteiger partial charge in [0.1, 0.15) is 6.07 Å². The Bertz CT molecular complexity index is 596. The minimum Gasteiger partial charge on any atom is -0.395 e. The molecule has 1 N–H and O–H groups in total. The molecule has 1 rings (SSSR count). The summed E-state index contributed by atoms with van der Waals surface area (Å²) in [5.41, 5.74) is 0.230. The molecule has 0 saturated heterocycles. The van der Waals surface area contributed by atoms with Crippen LogP contribution in [0.2, 0.25) is 5.02 Å². The molecule has 0 aliphatic heterocycles. The van der Waals surface area contributed by atoms with Crippen LogP contribution in [0, 0.1) is 11.3 Å². The van der Waals surface area contributed by atoms with Gasteiger partial charge in [0.05, 0.1) is 22.1 Å². The largest absolute Gasteiger partial charge is 0.395 e. The first-order valence-electron chi connectivity index (χ1n) is 6.28. The maximum atomic E-state index is 12.5. The van der Waals surface area contributed by atoms with Crippen molar-refractivity contribution in [3.8, 4) is 6.07 Å². The summed E-state index contributed by atoms with van der Waals surface area (Å²) in [6.45, 7) is 2.10. The molecule has 0 aliphatic carbocycles. The van der Waals surface area contributed by atoms with Gasteiger partial charge in [-0.15, -0.1) is 0 Å². The van der Waals surface area contributed by atoms with Crippen molar-refractivity contribution in [3.05, 3.63) is 28.8 Å². The Morgan fingerprint density at radius 1 is 1.40 bits per heavy atom. The Morgan fingerprint density at radius 2 is 2.10 bits per heavy atom. The van der Waals surface area contributed by atoms with Gasteiger partial charge in [0.25, 0.3) is 0 Å². The van der Waals surface area contributed by atoms with E-state index in [0.717, 1.165) is 6.42 Å². The number of nitrogens with zero attached hydrogens (tertiary/aromatic N) is 2. The Kier molecular flexibility index (Phi) is 6.43. The highest BCUT2D eigenvalue weighted by atomic mass is 35.5. The van der Waals surface area contributed by atoms with Crippen LogP contribution in [0.3, 0.4) is 0 Å². The molecule has 7 heteroatoms.